The first-order chi connectivity index (χ1) is 19.2. The topological polar surface area (TPSA) is 77.0 Å². The van der Waals surface area contributed by atoms with E-state index >= 15 is 0 Å². The monoisotopic (exact) mass is 598 g/mol. The van der Waals surface area contributed by atoms with Gasteiger partial charge < -0.3 is 19.8 Å². The van der Waals surface area contributed by atoms with E-state index in [-0.39, 0.29) is 35.6 Å². The summed E-state index contributed by atoms with van der Waals surface area (Å²) in [4.78, 5) is 34.3. The van der Waals surface area contributed by atoms with Gasteiger partial charge in [-0.15, -0.1) is 0 Å². The van der Waals surface area contributed by atoms with E-state index in [4.69, 9.17) is 11.6 Å². The third-order valence-electron chi connectivity index (χ3n) is 8.16. The zero-order chi connectivity index (χ0) is 30.1. The molecule has 1 atom stereocenters. The average molecular weight is 599 g/mol. The molecular formula is C29H35ClF4N4O3. The van der Waals surface area contributed by atoms with Gasteiger partial charge in [0.1, 0.15) is 16.8 Å². The summed E-state index contributed by atoms with van der Waals surface area (Å²) in [6, 6.07) is 6.08. The summed E-state index contributed by atoms with van der Waals surface area (Å²) in [5.41, 5.74) is -4.10. The predicted octanol–water partition coefficient (Wildman–Crippen LogP) is 5.18. The van der Waals surface area contributed by atoms with Crippen molar-refractivity contribution >= 4 is 29.2 Å². The summed E-state index contributed by atoms with van der Waals surface area (Å²) in [5, 5.41) is 10.9. The Balaban J connectivity index is 1.32. The number of hydrogen-bond acceptors (Lipinski definition) is 5. The van der Waals surface area contributed by atoms with Crippen LogP contribution in [0.3, 0.4) is 0 Å². The minimum Gasteiger partial charge on any atom is -0.368 e. The summed E-state index contributed by atoms with van der Waals surface area (Å²) in [5.74, 6) is -1.25. The highest BCUT2D eigenvalue weighted by Gasteiger charge is 2.62. The van der Waals surface area contributed by atoms with Crippen molar-refractivity contribution < 1.29 is 32.3 Å². The molecular weight excluding hydrogens is 564 g/mol. The van der Waals surface area contributed by atoms with Crippen LogP contribution in [-0.2, 0) is 10.4 Å². The Labute approximate surface area is 242 Å². The molecule has 0 bridgehead atoms. The Kier molecular flexibility index (Phi) is 9.18. The number of rotatable bonds is 6. The molecule has 0 radical (unpaired) electrons. The number of halogens is 5. The van der Waals surface area contributed by atoms with Gasteiger partial charge in [-0.2, -0.15) is 13.2 Å². The molecule has 0 saturated carbocycles. The number of pyridine rings is 1. The largest absolute Gasteiger partial charge is 0.430 e. The highest BCUT2D eigenvalue weighted by molar-refractivity contribution is 6.32. The van der Waals surface area contributed by atoms with Crippen molar-refractivity contribution in [2.24, 2.45) is 11.8 Å². The first kappa shape index (κ1) is 31.0. The lowest BCUT2D eigenvalue weighted by molar-refractivity contribution is -0.262. The molecule has 2 aliphatic heterocycles. The second-order valence-electron chi connectivity index (χ2n) is 11.3. The van der Waals surface area contributed by atoms with E-state index in [2.05, 4.69) is 9.88 Å². The summed E-state index contributed by atoms with van der Waals surface area (Å²) in [6.45, 7) is 3.11. The number of likely N-dealkylation sites (tertiary alicyclic amines) is 1. The van der Waals surface area contributed by atoms with Crippen LogP contribution in [0, 0.1) is 24.6 Å². The van der Waals surface area contributed by atoms with Gasteiger partial charge in [0.2, 0.25) is 0 Å². The normalized spacial score (nSPS) is 18.8. The van der Waals surface area contributed by atoms with Gasteiger partial charge in [-0.25, -0.2) is 9.37 Å². The van der Waals surface area contributed by atoms with Gasteiger partial charge in [-0.1, -0.05) is 17.7 Å². The molecule has 2 amide bonds. The van der Waals surface area contributed by atoms with Crippen LogP contribution < -0.4 is 4.90 Å². The van der Waals surface area contributed by atoms with Crippen molar-refractivity contribution in [1.82, 2.24) is 14.8 Å². The van der Waals surface area contributed by atoms with Crippen molar-refractivity contribution in [3.8, 4) is 0 Å². The van der Waals surface area contributed by atoms with Gasteiger partial charge in [-0.05, 0) is 80.7 Å². The molecule has 12 heteroatoms. The van der Waals surface area contributed by atoms with E-state index in [1.165, 1.54) is 11.8 Å². The third-order valence-corrected chi connectivity index (χ3v) is 8.45. The van der Waals surface area contributed by atoms with E-state index in [9.17, 15) is 32.3 Å². The van der Waals surface area contributed by atoms with Crippen molar-refractivity contribution in [1.29, 1.82) is 0 Å². The van der Waals surface area contributed by atoms with Gasteiger partial charge in [0.15, 0.2) is 0 Å². The molecule has 41 heavy (non-hydrogen) atoms. The number of nitrogens with zero attached hydrogens (tertiary/aromatic N) is 4. The summed E-state index contributed by atoms with van der Waals surface area (Å²) in [7, 11) is 3.30. The van der Waals surface area contributed by atoms with E-state index < -0.39 is 29.1 Å². The van der Waals surface area contributed by atoms with E-state index in [1.807, 2.05) is 0 Å². The van der Waals surface area contributed by atoms with Gasteiger partial charge in [0.25, 0.3) is 17.4 Å². The lowest BCUT2D eigenvalue weighted by Crippen LogP contribution is -2.57. The number of piperidine rings is 2. The number of carbonyl (C=O) groups excluding carboxylic acids is 2. The van der Waals surface area contributed by atoms with Gasteiger partial charge in [0.05, 0.1) is 5.56 Å². The minimum absolute atomic E-state index is 0.0927. The van der Waals surface area contributed by atoms with Gasteiger partial charge in [-0.3, -0.25) is 9.59 Å². The molecule has 2 aliphatic rings. The number of anilines is 1. The number of aromatic nitrogens is 1. The molecule has 224 valence electrons. The Morgan fingerprint density at radius 2 is 1.61 bits per heavy atom. The standard InChI is InChI=1S/C29H35ClF4N4O3/c1-18-14-21(17-22(31)15-18)28(41,29(32,33)34)27(40)38-12-8-20(9-13-38)16-19-6-10-37(11-7-19)24-5-4-23(25(30)35-24)26(39)36(2)3/h4-5,14-15,17,19-20,41H,6-13,16H2,1-3H3. The van der Waals surface area contributed by atoms with Crippen molar-refractivity contribution in [2.75, 3.05) is 45.2 Å². The fourth-order valence-corrected chi connectivity index (χ4v) is 6.06. The van der Waals surface area contributed by atoms with Crippen LogP contribution in [0.5, 0.6) is 0 Å². The molecule has 1 aromatic heterocycles. The lowest BCUT2D eigenvalue weighted by atomic mass is 9.82. The molecule has 1 unspecified atom stereocenters. The van der Waals surface area contributed by atoms with E-state index in [1.54, 1.807) is 26.2 Å². The molecule has 3 heterocycles. The molecule has 0 spiro atoms. The highest BCUT2D eigenvalue weighted by Crippen LogP contribution is 2.42. The van der Waals surface area contributed by atoms with Gasteiger partial charge >= 0.3 is 6.18 Å². The fraction of sp³-hybridized carbons (Fsp3) is 0.552. The summed E-state index contributed by atoms with van der Waals surface area (Å²) in [6.07, 6.45) is -1.54. The first-order valence-electron chi connectivity index (χ1n) is 13.7. The van der Waals surface area contributed by atoms with Crippen LogP contribution in [0.2, 0.25) is 5.15 Å². The zero-order valence-corrected chi connectivity index (χ0v) is 24.1. The fourth-order valence-electron chi connectivity index (χ4n) is 5.82. The maximum Gasteiger partial charge on any atom is 0.430 e. The first-order valence-corrected chi connectivity index (χ1v) is 14.1. The van der Waals surface area contributed by atoms with E-state index in [0.717, 1.165) is 49.4 Å². The smallest absolute Gasteiger partial charge is 0.368 e. The Morgan fingerprint density at radius 1 is 1.02 bits per heavy atom. The molecule has 2 fully saturated rings. The maximum atomic E-state index is 14.1. The maximum absolute atomic E-state index is 14.1. The van der Waals surface area contributed by atoms with E-state index in [0.29, 0.717) is 36.2 Å². The van der Waals surface area contributed by atoms with Crippen LogP contribution in [-0.4, -0.2) is 78.2 Å². The van der Waals surface area contributed by atoms with Crippen LogP contribution in [0.4, 0.5) is 23.4 Å². The number of aliphatic hydroxyl groups is 1. The number of aryl methyl sites for hydroxylation is 1. The van der Waals surface area contributed by atoms with Gasteiger partial charge in [0, 0.05) is 45.8 Å². The molecule has 0 aliphatic carbocycles. The molecule has 4 rings (SSSR count). The molecule has 2 aromatic rings. The van der Waals surface area contributed by atoms with Crippen LogP contribution in [0.1, 0.15) is 53.6 Å². The number of alkyl halides is 3. The van der Waals surface area contributed by atoms with Crippen LogP contribution in [0.25, 0.3) is 0 Å². The number of carbonyl (C=O) groups is 2. The molecule has 2 saturated heterocycles. The minimum atomic E-state index is -5.31. The average Bonchev–Trinajstić information content (AvgIpc) is 2.91. The highest BCUT2D eigenvalue weighted by atomic mass is 35.5. The Morgan fingerprint density at radius 3 is 2.12 bits per heavy atom. The summed E-state index contributed by atoms with van der Waals surface area (Å²) < 4.78 is 56.1. The second kappa shape index (κ2) is 12.1. The third kappa shape index (κ3) is 6.61. The number of amides is 2. The SMILES string of the molecule is Cc1cc(F)cc(C(O)(C(=O)N2CCC(CC3CCN(c4ccc(C(=O)N(C)C)c(Cl)n4)CC3)CC2)C(F)(F)F)c1. The zero-order valence-electron chi connectivity index (χ0n) is 23.3. The van der Waals surface area contributed by atoms with Crippen molar-refractivity contribution in [3.63, 3.8) is 0 Å². The van der Waals surface area contributed by atoms with Crippen LogP contribution >= 0.6 is 11.6 Å². The van der Waals surface area contributed by atoms with Crippen LogP contribution in [0.15, 0.2) is 30.3 Å². The molecule has 1 aromatic carbocycles. The molecule has 1 N–H and O–H groups in total. The Bertz CT molecular complexity index is 1250. The molecule has 7 nitrogen and oxygen atoms in total. The number of benzene rings is 1. The predicted molar refractivity (Wildman–Crippen MR) is 147 cm³/mol. The number of hydrogen-bond donors (Lipinski definition) is 1. The second-order valence-corrected chi connectivity index (χ2v) is 11.7. The Hall–Kier alpha value is -2.92. The summed E-state index contributed by atoms with van der Waals surface area (Å²) >= 11 is 6.27. The van der Waals surface area contributed by atoms with Crippen molar-refractivity contribution in [3.05, 3.63) is 58.0 Å². The van der Waals surface area contributed by atoms with Crippen molar-refractivity contribution in [2.45, 2.75) is 50.8 Å². The lowest BCUT2D eigenvalue weighted by Gasteiger charge is -2.40. The quantitative estimate of drug-likeness (QED) is 0.366.